The Morgan fingerprint density at radius 3 is 2.07 bits per heavy atom. The molecule has 21 heteroatoms. The number of nitrogen functional groups attached to an aromatic ring is 1. The molecule has 71 heavy (non-hydrogen) atoms. The van der Waals surface area contributed by atoms with Crippen molar-refractivity contribution in [1.82, 2.24) is 9.55 Å². The van der Waals surface area contributed by atoms with Crippen LogP contribution in [0.4, 0.5) is 5.82 Å². The third-order valence-electron chi connectivity index (χ3n) is 11.4. The third kappa shape index (κ3) is 31.1. The summed E-state index contributed by atoms with van der Waals surface area (Å²) in [7, 11) is -10.9. The molecule has 0 amide bonds. The molecule has 2 rings (SSSR count). The summed E-state index contributed by atoms with van der Waals surface area (Å²) >= 11 is 0. The van der Waals surface area contributed by atoms with E-state index >= 15 is 0 Å². The molecule has 1 saturated heterocycles. The summed E-state index contributed by atoms with van der Waals surface area (Å²) in [5.74, 6) is -0.642. The minimum Gasteiger partial charge on any atom is -0.462 e. The highest BCUT2D eigenvalue weighted by Crippen LogP contribution is 2.60. The van der Waals surface area contributed by atoms with E-state index in [-0.39, 0.29) is 18.7 Å². The van der Waals surface area contributed by atoms with Crippen LogP contribution < -0.4 is 11.4 Å². The van der Waals surface area contributed by atoms with Gasteiger partial charge in [-0.3, -0.25) is 23.2 Å². The number of esters is 2. The largest absolute Gasteiger partial charge is 0.481 e. The Labute approximate surface area is 421 Å². The van der Waals surface area contributed by atoms with Crippen LogP contribution in [-0.2, 0) is 46.3 Å². The summed E-state index contributed by atoms with van der Waals surface area (Å²) in [5, 5.41) is 31.0. The van der Waals surface area contributed by atoms with Gasteiger partial charge in [0.15, 0.2) is 12.3 Å². The van der Waals surface area contributed by atoms with E-state index in [1.807, 2.05) is 36.5 Å². The molecular formula is C50H85N3O16P2. The van der Waals surface area contributed by atoms with Crippen molar-refractivity contribution in [2.75, 3.05) is 25.6 Å². The minimum absolute atomic E-state index is 0.0170. The number of hydrogen-bond acceptors (Lipinski definition) is 16. The summed E-state index contributed by atoms with van der Waals surface area (Å²) in [6.45, 7) is 4.29. The standard InChI is InChI=1S/C50H85N3O16P2/c1-4-5-6-7-15-21-26-31-41(54)32-27-22-17-14-19-23-28-33-45(55)64-37-42(67-46(56)34-29-24-18-13-11-9-8-10-12-16-20-25-30-40(2)3)38-65-70(60,61)69-71(62,63)66-39-43-47(57)48(58)49(68-43)53-36-35-44(51)52-50(53)59/h14-15,19,21-22,26-27,31,35-36,40-43,47-49,54,57-58H,4-13,16-18,20,23-25,28-30,32-34,37-39H2,1-3H3,(H,60,61)(H,62,63)(H2,51,52,59)/b19-14+,21-15-,27-22-,31-26-/t41-,42-,43-,47-,48-,49-/m1/s1. The zero-order valence-electron chi connectivity index (χ0n) is 42.3. The van der Waals surface area contributed by atoms with Gasteiger partial charge in [-0.15, -0.1) is 0 Å². The molecule has 0 spiro atoms. The molecule has 406 valence electrons. The van der Waals surface area contributed by atoms with Crippen LogP contribution in [0.25, 0.3) is 0 Å². The number of phosphoric ester groups is 2. The van der Waals surface area contributed by atoms with Gasteiger partial charge in [-0.05, 0) is 56.9 Å². The molecule has 2 heterocycles. The van der Waals surface area contributed by atoms with Crippen molar-refractivity contribution in [3.8, 4) is 0 Å². The van der Waals surface area contributed by atoms with Crippen molar-refractivity contribution in [2.24, 2.45) is 5.92 Å². The summed E-state index contributed by atoms with van der Waals surface area (Å²) in [4.78, 5) is 61.9. The van der Waals surface area contributed by atoms with E-state index in [1.165, 1.54) is 70.3 Å². The lowest BCUT2D eigenvalue weighted by Crippen LogP contribution is -2.36. The normalized spacial score (nSPS) is 20.1. The van der Waals surface area contributed by atoms with Gasteiger partial charge < -0.3 is 45.1 Å². The Balaban J connectivity index is 1.84. The lowest BCUT2D eigenvalue weighted by molar-refractivity contribution is -0.161. The molecular weight excluding hydrogens is 961 g/mol. The maximum absolute atomic E-state index is 12.9. The number of anilines is 1. The molecule has 1 aromatic heterocycles. The van der Waals surface area contributed by atoms with Crippen LogP contribution in [-0.4, -0.2) is 96.9 Å². The number of nitrogens with two attached hydrogens (primary N) is 1. The minimum atomic E-state index is -5.45. The third-order valence-corrected chi connectivity index (χ3v) is 14.0. The maximum atomic E-state index is 12.9. The molecule has 1 aliphatic rings. The first-order valence-electron chi connectivity index (χ1n) is 25.6. The van der Waals surface area contributed by atoms with E-state index in [1.54, 1.807) is 6.08 Å². The van der Waals surface area contributed by atoms with Gasteiger partial charge in [0.2, 0.25) is 0 Å². The van der Waals surface area contributed by atoms with Crippen LogP contribution in [0.2, 0.25) is 0 Å². The number of rotatable bonds is 41. The van der Waals surface area contributed by atoms with E-state index in [9.17, 15) is 48.6 Å². The number of nitrogens with zero attached hydrogens (tertiary/aromatic N) is 2. The molecule has 0 radical (unpaired) electrons. The van der Waals surface area contributed by atoms with Gasteiger partial charge in [0.05, 0.1) is 19.3 Å². The van der Waals surface area contributed by atoms with Crippen LogP contribution in [0, 0.1) is 5.92 Å². The predicted molar refractivity (Wildman–Crippen MR) is 272 cm³/mol. The maximum Gasteiger partial charge on any atom is 0.481 e. The number of hydrogen-bond donors (Lipinski definition) is 6. The molecule has 0 bridgehead atoms. The first-order chi connectivity index (χ1) is 33.9. The Morgan fingerprint density at radius 1 is 0.789 bits per heavy atom. The number of allylic oxidation sites excluding steroid dienone is 6. The summed E-state index contributed by atoms with van der Waals surface area (Å²) in [6.07, 6.45) is 29.4. The van der Waals surface area contributed by atoms with Gasteiger partial charge in [-0.2, -0.15) is 9.29 Å². The fraction of sp³-hybridized carbons (Fsp3) is 0.720. The number of unbranched alkanes of at least 4 members (excludes halogenated alkanes) is 15. The van der Waals surface area contributed by atoms with Crippen LogP contribution in [0.15, 0.2) is 65.7 Å². The molecule has 8 atom stereocenters. The van der Waals surface area contributed by atoms with E-state index in [0.29, 0.717) is 32.1 Å². The molecule has 0 saturated carbocycles. The Hall–Kier alpha value is -3.32. The second kappa shape index (κ2) is 37.4. The molecule has 7 N–H and O–H groups in total. The molecule has 2 unspecified atom stereocenters. The van der Waals surface area contributed by atoms with Crippen molar-refractivity contribution in [1.29, 1.82) is 0 Å². The smallest absolute Gasteiger partial charge is 0.462 e. The second-order valence-corrected chi connectivity index (χ2v) is 21.4. The first-order valence-corrected chi connectivity index (χ1v) is 28.6. The number of phosphoric acid groups is 2. The van der Waals surface area contributed by atoms with Crippen molar-refractivity contribution >= 4 is 33.4 Å². The summed E-state index contributed by atoms with van der Waals surface area (Å²) in [6, 6.07) is 1.24. The molecule has 1 aliphatic heterocycles. The Bertz CT molecular complexity index is 1910. The SMILES string of the molecule is CCCCC/C=C\C=C/[C@@H](O)C/C=C\C/C=C/CCCC(=O)OC[C@H](COP(=O)(O)OP(=O)(O)OC[C@H]1O[C@@H](n2ccc(N)nc2=O)[C@H](O)[C@@H]1O)OC(=O)CCCCCCCCCCCCCCC(C)C. The molecule has 1 aromatic rings. The molecule has 0 aromatic carbocycles. The average Bonchev–Trinajstić information content (AvgIpc) is 3.59. The molecule has 19 nitrogen and oxygen atoms in total. The lowest BCUT2D eigenvalue weighted by Gasteiger charge is -2.21. The van der Waals surface area contributed by atoms with Crippen LogP contribution in [0.5, 0.6) is 0 Å². The van der Waals surface area contributed by atoms with Crippen molar-refractivity contribution in [3.63, 3.8) is 0 Å². The fourth-order valence-electron chi connectivity index (χ4n) is 7.39. The second-order valence-electron chi connectivity index (χ2n) is 18.4. The zero-order valence-corrected chi connectivity index (χ0v) is 44.1. The summed E-state index contributed by atoms with van der Waals surface area (Å²) in [5.41, 5.74) is 4.58. The van der Waals surface area contributed by atoms with Gasteiger partial charge in [0.1, 0.15) is 30.7 Å². The van der Waals surface area contributed by atoms with Gasteiger partial charge in [0, 0.05) is 19.0 Å². The van der Waals surface area contributed by atoms with E-state index < -0.39 is 89.8 Å². The highest BCUT2D eigenvalue weighted by Gasteiger charge is 2.46. The van der Waals surface area contributed by atoms with Crippen molar-refractivity contribution < 1.29 is 71.4 Å². The Kier molecular flexibility index (Phi) is 33.6. The quantitative estimate of drug-likeness (QED) is 0.0117. The first kappa shape index (κ1) is 63.8. The van der Waals surface area contributed by atoms with Gasteiger partial charge >= 0.3 is 33.3 Å². The van der Waals surface area contributed by atoms with E-state index in [0.717, 1.165) is 55.2 Å². The monoisotopic (exact) mass is 1050 g/mol. The number of carbonyl (C=O) groups excluding carboxylic acids is 2. The molecule has 1 fully saturated rings. The van der Waals surface area contributed by atoms with Gasteiger partial charge in [-0.1, -0.05) is 159 Å². The lowest BCUT2D eigenvalue weighted by atomic mass is 10.0. The highest BCUT2D eigenvalue weighted by atomic mass is 31.3. The van der Waals surface area contributed by atoms with Crippen LogP contribution in [0.1, 0.15) is 175 Å². The van der Waals surface area contributed by atoms with Crippen LogP contribution in [0.3, 0.4) is 0 Å². The van der Waals surface area contributed by atoms with E-state index in [4.69, 9.17) is 29.0 Å². The van der Waals surface area contributed by atoms with Crippen molar-refractivity contribution in [2.45, 2.75) is 205 Å². The van der Waals surface area contributed by atoms with Gasteiger partial charge in [0.25, 0.3) is 0 Å². The van der Waals surface area contributed by atoms with Gasteiger partial charge in [-0.25, -0.2) is 13.9 Å². The number of ether oxygens (including phenoxy) is 3. The zero-order chi connectivity index (χ0) is 52.3. The Morgan fingerprint density at radius 2 is 1.41 bits per heavy atom. The number of aromatic nitrogens is 2. The highest BCUT2D eigenvalue weighted by molar-refractivity contribution is 7.61. The average molecular weight is 1050 g/mol. The predicted octanol–water partition coefficient (Wildman–Crippen LogP) is 9.38. The van der Waals surface area contributed by atoms with Crippen molar-refractivity contribution in [3.05, 3.63) is 71.4 Å². The fourth-order valence-corrected chi connectivity index (χ4v) is 9.50. The van der Waals surface area contributed by atoms with E-state index in [2.05, 4.69) is 36.1 Å². The number of aliphatic hydroxyl groups excluding tert-OH is 3. The van der Waals surface area contributed by atoms with Crippen LogP contribution >= 0.6 is 15.6 Å². The number of carbonyl (C=O) groups is 2. The summed E-state index contributed by atoms with van der Waals surface area (Å²) < 4.78 is 56.7. The number of aliphatic hydroxyl groups is 3. The topological polar surface area (TPSA) is 286 Å². The molecule has 0 aliphatic carbocycles.